The van der Waals surface area contributed by atoms with E-state index in [1.54, 1.807) is 19.5 Å². The molecule has 0 radical (unpaired) electrons. The van der Waals surface area contributed by atoms with Gasteiger partial charge < -0.3 is 28.7 Å². The van der Waals surface area contributed by atoms with Crippen molar-refractivity contribution in [2.45, 2.75) is 44.4 Å². The van der Waals surface area contributed by atoms with Crippen molar-refractivity contribution in [2.24, 2.45) is 7.05 Å². The van der Waals surface area contributed by atoms with Crippen molar-refractivity contribution >= 4 is 33.7 Å². The normalized spacial score (nSPS) is 22.5. The summed E-state index contributed by atoms with van der Waals surface area (Å²) in [5, 5.41) is 5.87. The molecule has 2 bridgehead atoms. The smallest absolute Gasteiger partial charge is 0.206 e. The number of rotatable bonds is 6. The van der Waals surface area contributed by atoms with Gasteiger partial charge >= 0.3 is 0 Å². The Bertz CT molecular complexity index is 1990. The van der Waals surface area contributed by atoms with E-state index in [1.165, 1.54) is 13.1 Å². The number of aromatic nitrogens is 7. The Hall–Kier alpha value is -4.33. The van der Waals surface area contributed by atoms with E-state index >= 15 is 0 Å². The van der Waals surface area contributed by atoms with Crippen LogP contribution in [0.1, 0.15) is 25.0 Å². The van der Waals surface area contributed by atoms with E-state index in [-0.39, 0.29) is 6.10 Å². The van der Waals surface area contributed by atoms with Crippen LogP contribution in [0.5, 0.6) is 5.75 Å². The van der Waals surface area contributed by atoms with Crippen molar-refractivity contribution in [3.8, 4) is 22.8 Å². The Morgan fingerprint density at radius 1 is 0.917 bits per heavy atom. The number of likely N-dealkylation sites (N-methyl/N-ethyl adjacent to an activating group) is 1. The summed E-state index contributed by atoms with van der Waals surface area (Å²) in [6.07, 6.45) is 9.00. The predicted molar refractivity (Wildman–Crippen MR) is 185 cm³/mol. The zero-order valence-corrected chi connectivity index (χ0v) is 28.2. The standard InChI is InChI=1S/C35H43N11O2/c1-22-26-19-37-46(29(26)16-28(38-22)27-18-36-8-5-31(27)47-4)32-17-30-33(34(39-32)45-20-25-15-24(45)21-48-25)40-35(42(30)3)44-9-6-23(7-10-44)43-13-11-41(2)12-14-43/h5,8,16-19,23-25H,6-7,9-15,20-21H2,1-4H3/t24-,25-/m1/s1. The monoisotopic (exact) mass is 649 g/mol. The van der Waals surface area contributed by atoms with Crippen LogP contribution < -0.4 is 14.5 Å². The summed E-state index contributed by atoms with van der Waals surface area (Å²) in [6.45, 7) is 10.2. The fourth-order valence-electron chi connectivity index (χ4n) is 8.26. The van der Waals surface area contributed by atoms with Gasteiger partial charge in [0.15, 0.2) is 11.6 Å². The first-order valence-electron chi connectivity index (χ1n) is 17.2. The Labute approximate surface area is 280 Å². The molecule has 0 N–H and O–H groups in total. The van der Waals surface area contributed by atoms with Crippen molar-refractivity contribution in [2.75, 3.05) is 76.4 Å². The second kappa shape index (κ2) is 11.7. The summed E-state index contributed by atoms with van der Waals surface area (Å²) in [4.78, 5) is 30.0. The molecule has 0 amide bonds. The van der Waals surface area contributed by atoms with Gasteiger partial charge in [-0.3, -0.25) is 14.9 Å². The third-order valence-electron chi connectivity index (χ3n) is 11.0. The second-order valence-electron chi connectivity index (χ2n) is 13.9. The Kier molecular flexibility index (Phi) is 7.24. The lowest BCUT2D eigenvalue weighted by molar-refractivity contribution is 0.0980. The number of ether oxygens (including phenoxy) is 2. The zero-order chi connectivity index (χ0) is 32.5. The van der Waals surface area contributed by atoms with E-state index in [9.17, 15) is 0 Å². The maximum atomic E-state index is 6.00. The van der Waals surface area contributed by atoms with Crippen LogP contribution in [0.4, 0.5) is 11.8 Å². The Morgan fingerprint density at radius 2 is 1.75 bits per heavy atom. The van der Waals surface area contributed by atoms with Crippen molar-refractivity contribution in [1.29, 1.82) is 0 Å². The van der Waals surface area contributed by atoms with Gasteiger partial charge in [0.25, 0.3) is 0 Å². The highest BCUT2D eigenvalue weighted by atomic mass is 16.5. The van der Waals surface area contributed by atoms with Crippen LogP contribution in [-0.4, -0.2) is 129 Å². The van der Waals surface area contributed by atoms with E-state index in [4.69, 9.17) is 29.5 Å². The topological polar surface area (TPSA) is 106 Å². The lowest BCUT2D eigenvalue weighted by atomic mass is 10.0. The third-order valence-corrected chi connectivity index (χ3v) is 11.0. The molecule has 9 heterocycles. The highest BCUT2D eigenvalue weighted by Crippen LogP contribution is 2.38. The van der Waals surface area contributed by atoms with Crippen LogP contribution >= 0.6 is 0 Å². The summed E-state index contributed by atoms with van der Waals surface area (Å²) in [6, 6.07) is 7.01. The molecule has 0 saturated carbocycles. The first-order valence-corrected chi connectivity index (χ1v) is 17.2. The number of anilines is 2. The summed E-state index contributed by atoms with van der Waals surface area (Å²) in [5.41, 5.74) is 5.43. The van der Waals surface area contributed by atoms with Gasteiger partial charge in [-0.05, 0) is 45.4 Å². The minimum absolute atomic E-state index is 0.239. The molecule has 4 saturated heterocycles. The van der Waals surface area contributed by atoms with Gasteiger partial charge in [0.1, 0.15) is 11.3 Å². The fraction of sp³-hybridized carbons (Fsp3) is 0.514. The largest absolute Gasteiger partial charge is 0.496 e. The van der Waals surface area contributed by atoms with Crippen LogP contribution in [0.15, 0.2) is 36.8 Å². The second-order valence-corrected chi connectivity index (χ2v) is 13.9. The maximum Gasteiger partial charge on any atom is 0.206 e. The number of fused-ring (bicyclic) bond motifs is 4. The molecule has 2 atom stereocenters. The Morgan fingerprint density at radius 3 is 2.50 bits per heavy atom. The summed E-state index contributed by atoms with van der Waals surface area (Å²) in [5.74, 6) is 3.41. The number of imidazole rings is 1. The van der Waals surface area contributed by atoms with Gasteiger partial charge in [0, 0.05) is 88.4 Å². The third kappa shape index (κ3) is 4.89. The molecule has 13 nitrogen and oxygen atoms in total. The van der Waals surface area contributed by atoms with Gasteiger partial charge in [0.05, 0.1) is 54.4 Å². The molecule has 9 rings (SSSR count). The molecule has 0 unspecified atom stereocenters. The van der Waals surface area contributed by atoms with Crippen LogP contribution in [0, 0.1) is 6.92 Å². The number of pyridine rings is 3. The zero-order valence-electron chi connectivity index (χ0n) is 28.2. The lowest BCUT2D eigenvalue weighted by Gasteiger charge is -2.42. The summed E-state index contributed by atoms with van der Waals surface area (Å²) >= 11 is 0. The number of morpholine rings is 1. The molecule has 4 aliphatic heterocycles. The van der Waals surface area contributed by atoms with Crippen molar-refractivity contribution < 1.29 is 9.47 Å². The average Bonchev–Trinajstić information content (AvgIpc) is 3.92. The van der Waals surface area contributed by atoms with Crippen LogP contribution in [0.3, 0.4) is 0 Å². The molecule has 0 spiro atoms. The minimum atomic E-state index is 0.239. The number of methoxy groups -OCH3 is 1. The molecule has 0 aliphatic carbocycles. The van der Waals surface area contributed by atoms with Crippen molar-refractivity contribution in [1.82, 2.24) is 44.1 Å². The van der Waals surface area contributed by atoms with E-state index in [0.29, 0.717) is 12.1 Å². The van der Waals surface area contributed by atoms with Gasteiger partial charge in [0.2, 0.25) is 5.95 Å². The van der Waals surface area contributed by atoms with E-state index < -0.39 is 0 Å². The van der Waals surface area contributed by atoms with Crippen LogP contribution in [0.25, 0.3) is 39.0 Å². The molecule has 4 fully saturated rings. The number of aryl methyl sites for hydroxylation is 2. The molecule has 48 heavy (non-hydrogen) atoms. The lowest BCUT2D eigenvalue weighted by Crippen LogP contribution is -2.52. The highest BCUT2D eigenvalue weighted by Gasteiger charge is 2.41. The number of piperazine rings is 1. The van der Waals surface area contributed by atoms with Gasteiger partial charge in [-0.15, -0.1) is 0 Å². The van der Waals surface area contributed by atoms with Crippen LogP contribution in [0.2, 0.25) is 0 Å². The minimum Gasteiger partial charge on any atom is -0.496 e. The number of hydrogen-bond donors (Lipinski definition) is 0. The SMILES string of the molecule is COc1ccncc1-c1cc2c(cnn2-c2cc3c(nc(N4CCC(N5CCN(C)CC5)CC4)n3C)c(N3C[C@H]4C[C@@H]3CO4)n2)c(C)n1. The molecule has 13 heteroatoms. The predicted octanol–water partition coefficient (Wildman–Crippen LogP) is 3.27. The molecular weight excluding hydrogens is 606 g/mol. The summed E-state index contributed by atoms with van der Waals surface area (Å²) < 4.78 is 15.9. The highest BCUT2D eigenvalue weighted by molar-refractivity contribution is 5.92. The van der Waals surface area contributed by atoms with Crippen LogP contribution in [-0.2, 0) is 11.8 Å². The van der Waals surface area contributed by atoms with E-state index in [0.717, 1.165) is 121 Å². The maximum absolute atomic E-state index is 6.00. The Balaban J connectivity index is 1.12. The van der Waals surface area contributed by atoms with E-state index in [2.05, 4.69) is 55.4 Å². The number of nitrogens with zero attached hydrogens (tertiary/aromatic N) is 11. The molecular formula is C35H43N11O2. The molecule has 4 aliphatic rings. The average molecular weight is 650 g/mol. The first kappa shape index (κ1) is 29.8. The van der Waals surface area contributed by atoms with Crippen molar-refractivity contribution in [3.05, 3.63) is 42.5 Å². The molecule has 250 valence electrons. The van der Waals surface area contributed by atoms with Gasteiger partial charge in [-0.25, -0.2) is 14.6 Å². The first-order chi connectivity index (χ1) is 23.4. The van der Waals surface area contributed by atoms with Crippen molar-refractivity contribution in [3.63, 3.8) is 0 Å². The van der Waals surface area contributed by atoms with E-state index in [1.807, 2.05) is 23.9 Å². The summed E-state index contributed by atoms with van der Waals surface area (Å²) in [7, 11) is 6.04. The molecule has 0 aromatic carbocycles. The fourth-order valence-corrected chi connectivity index (χ4v) is 8.26. The number of hydrogen-bond acceptors (Lipinski definition) is 11. The number of piperidine rings is 1. The molecule has 5 aromatic rings. The quantitative estimate of drug-likeness (QED) is 0.271. The van der Waals surface area contributed by atoms with Gasteiger partial charge in [-0.1, -0.05) is 0 Å². The molecule has 5 aromatic heterocycles. The van der Waals surface area contributed by atoms with Gasteiger partial charge in [-0.2, -0.15) is 5.10 Å².